The summed E-state index contributed by atoms with van der Waals surface area (Å²) in [6.45, 7) is 0. The summed E-state index contributed by atoms with van der Waals surface area (Å²) in [6.07, 6.45) is 1.52. The molecule has 0 aliphatic heterocycles. The Hall–Kier alpha value is -1.53. The molecule has 19 heavy (non-hydrogen) atoms. The number of nitrogens with one attached hydrogen (secondary N) is 1. The van der Waals surface area contributed by atoms with Gasteiger partial charge in [-0.15, -0.1) is 21.8 Å². The van der Waals surface area contributed by atoms with Gasteiger partial charge in [-0.1, -0.05) is 23.5 Å². The molecule has 100 valence electrons. The molecule has 1 heterocycles. The lowest BCUT2D eigenvalue weighted by Crippen LogP contribution is -2.13. The molecule has 0 unspecified atom stereocenters. The summed E-state index contributed by atoms with van der Waals surface area (Å²) in [5, 5.41) is 11.4. The second-order valence-corrected chi connectivity index (χ2v) is 5.17. The number of hydrogen-bond acceptors (Lipinski definition) is 4. The number of nitrogens with zero attached hydrogens (tertiary/aromatic N) is 2. The molecular formula is C12H11ClFN3OS. The van der Waals surface area contributed by atoms with Crippen LogP contribution in [0.5, 0.6) is 0 Å². The summed E-state index contributed by atoms with van der Waals surface area (Å²) in [6, 6.07) is 5.78. The molecule has 0 radical (unpaired) electrons. The summed E-state index contributed by atoms with van der Waals surface area (Å²) in [4.78, 5) is 11.8. The standard InChI is InChI=1S/C12H11ClFN3OS/c13-7-3-6-10-16-17-12(19-10)15-11(18)8-4-1-2-5-9(8)14/h1-2,4-5H,3,6-7H2,(H,15,17,18). The monoisotopic (exact) mass is 299 g/mol. The number of carbonyl (C=O) groups excluding carboxylic acids is 1. The molecule has 0 spiro atoms. The predicted octanol–water partition coefficient (Wildman–Crippen LogP) is 3.10. The number of hydrogen-bond donors (Lipinski definition) is 1. The van der Waals surface area contributed by atoms with E-state index in [4.69, 9.17) is 11.6 Å². The number of benzene rings is 1. The molecule has 2 rings (SSSR count). The van der Waals surface area contributed by atoms with Crippen molar-refractivity contribution < 1.29 is 9.18 Å². The molecule has 7 heteroatoms. The summed E-state index contributed by atoms with van der Waals surface area (Å²) in [7, 11) is 0. The van der Waals surface area contributed by atoms with Crippen molar-refractivity contribution in [2.24, 2.45) is 0 Å². The van der Waals surface area contributed by atoms with E-state index in [1.54, 1.807) is 6.07 Å². The van der Waals surface area contributed by atoms with Crippen LogP contribution >= 0.6 is 22.9 Å². The number of aryl methyl sites for hydroxylation is 1. The van der Waals surface area contributed by atoms with Gasteiger partial charge in [0.25, 0.3) is 5.91 Å². The van der Waals surface area contributed by atoms with Crippen molar-refractivity contribution in [2.75, 3.05) is 11.2 Å². The quantitative estimate of drug-likeness (QED) is 0.863. The van der Waals surface area contributed by atoms with E-state index in [1.807, 2.05) is 0 Å². The minimum atomic E-state index is -0.563. The number of amides is 1. The van der Waals surface area contributed by atoms with E-state index in [0.29, 0.717) is 11.0 Å². The van der Waals surface area contributed by atoms with Crippen LogP contribution in [0.25, 0.3) is 0 Å². The van der Waals surface area contributed by atoms with Crippen LogP contribution in [0.15, 0.2) is 24.3 Å². The molecular weight excluding hydrogens is 289 g/mol. The Morgan fingerprint density at radius 3 is 2.89 bits per heavy atom. The maximum atomic E-state index is 13.4. The average Bonchev–Trinajstić information content (AvgIpc) is 2.84. The highest BCUT2D eigenvalue weighted by molar-refractivity contribution is 7.15. The van der Waals surface area contributed by atoms with Crippen LogP contribution < -0.4 is 5.32 Å². The molecule has 0 saturated heterocycles. The van der Waals surface area contributed by atoms with Crippen LogP contribution in [0, 0.1) is 5.82 Å². The minimum absolute atomic E-state index is 0.0139. The SMILES string of the molecule is O=C(Nc1nnc(CCCCl)s1)c1ccccc1F. The third kappa shape index (κ3) is 3.71. The molecule has 1 aromatic heterocycles. The lowest BCUT2D eigenvalue weighted by molar-refractivity contribution is 0.102. The normalized spacial score (nSPS) is 10.4. The fraction of sp³-hybridized carbons (Fsp3) is 0.250. The van der Waals surface area contributed by atoms with Crippen LogP contribution in [-0.2, 0) is 6.42 Å². The highest BCUT2D eigenvalue weighted by Crippen LogP contribution is 2.18. The lowest BCUT2D eigenvalue weighted by atomic mass is 10.2. The Morgan fingerprint density at radius 2 is 2.16 bits per heavy atom. The molecule has 0 fully saturated rings. The third-order valence-corrected chi connectivity index (χ3v) is 3.50. The van der Waals surface area contributed by atoms with E-state index in [1.165, 1.54) is 29.5 Å². The Bertz CT molecular complexity index is 576. The van der Waals surface area contributed by atoms with Gasteiger partial charge >= 0.3 is 0 Å². The van der Waals surface area contributed by atoms with Gasteiger partial charge in [0.2, 0.25) is 5.13 Å². The van der Waals surface area contributed by atoms with E-state index >= 15 is 0 Å². The number of alkyl halides is 1. The van der Waals surface area contributed by atoms with E-state index in [-0.39, 0.29) is 5.56 Å². The molecule has 0 saturated carbocycles. The van der Waals surface area contributed by atoms with E-state index in [0.717, 1.165) is 17.8 Å². The summed E-state index contributed by atoms with van der Waals surface area (Å²) >= 11 is 6.85. The van der Waals surface area contributed by atoms with Gasteiger partial charge in [0.1, 0.15) is 10.8 Å². The largest absolute Gasteiger partial charge is 0.296 e. The van der Waals surface area contributed by atoms with Crippen molar-refractivity contribution in [3.63, 3.8) is 0 Å². The van der Waals surface area contributed by atoms with Gasteiger partial charge in [0.15, 0.2) is 0 Å². The lowest BCUT2D eigenvalue weighted by Gasteiger charge is -2.01. The molecule has 0 aliphatic carbocycles. The number of carbonyl (C=O) groups is 1. The van der Waals surface area contributed by atoms with Crippen molar-refractivity contribution in [3.8, 4) is 0 Å². The smallest absolute Gasteiger partial charge is 0.260 e. The molecule has 1 aromatic carbocycles. The van der Waals surface area contributed by atoms with Gasteiger partial charge in [0, 0.05) is 12.3 Å². The zero-order chi connectivity index (χ0) is 13.7. The topological polar surface area (TPSA) is 54.9 Å². The number of halogens is 2. The molecule has 0 atom stereocenters. The first-order chi connectivity index (χ1) is 9.20. The van der Waals surface area contributed by atoms with Crippen molar-refractivity contribution in [3.05, 3.63) is 40.7 Å². The average molecular weight is 300 g/mol. The maximum absolute atomic E-state index is 13.4. The van der Waals surface area contributed by atoms with Crippen LogP contribution in [0.1, 0.15) is 21.8 Å². The van der Waals surface area contributed by atoms with Crippen molar-refractivity contribution in [1.82, 2.24) is 10.2 Å². The second kappa shape index (κ2) is 6.58. The predicted molar refractivity (Wildman–Crippen MR) is 73.3 cm³/mol. The van der Waals surface area contributed by atoms with Gasteiger partial charge in [-0.3, -0.25) is 10.1 Å². The Labute approximate surface area is 118 Å². The minimum Gasteiger partial charge on any atom is -0.296 e. The summed E-state index contributed by atoms with van der Waals surface area (Å²) in [5.74, 6) is -0.540. The molecule has 1 amide bonds. The number of aromatic nitrogens is 2. The molecule has 0 bridgehead atoms. The van der Waals surface area contributed by atoms with Gasteiger partial charge in [0.05, 0.1) is 5.56 Å². The highest BCUT2D eigenvalue weighted by Gasteiger charge is 2.13. The first-order valence-corrected chi connectivity index (χ1v) is 7.00. The zero-order valence-electron chi connectivity index (χ0n) is 9.90. The number of anilines is 1. The zero-order valence-corrected chi connectivity index (χ0v) is 11.5. The first kappa shape index (κ1) is 13.9. The fourth-order valence-corrected chi connectivity index (χ4v) is 2.34. The summed E-state index contributed by atoms with van der Waals surface area (Å²) in [5.41, 5.74) is -0.0139. The highest BCUT2D eigenvalue weighted by atomic mass is 35.5. The Balaban J connectivity index is 2.03. The van der Waals surface area contributed by atoms with E-state index in [9.17, 15) is 9.18 Å². The van der Waals surface area contributed by atoms with Gasteiger partial charge in [-0.05, 0) is 18.6 Å². The van der Waals surface area contributed by atoms with Crippen molar-refractivity contribution in [2.45, 2.75) is 12.8 Å². The van der Waals surface area contributed by atoms with Crippen LogP contribution in [0.3, 0.4) is 0 Å². The maximum Gasteiger partial charge on any atom is 0.260 e. The third-order valence-electron chi connectivity index (χ3n) is 2.33. The van der Waals surface area contributed by atoms with Gasteiger partial charge in [-0.25, -0.2) is 4.39 Å². The fourth-order valence-electron chi connectivity index (χ4n) is 1.43. The summed E-state index contributed by atoms with van der Waals surface area (Å²) < 4.78 is 13.4. The van der Waals surface area contributed by atoms with Gasteiger partial charge in [-0.2, -0.15) is 0 Å². The number of rotatable bonds is 5. The molecule has 2 aromatic rings. The second-order valence-electron chi connectivity index (χ2n) is 3.73. The van der Waals surface area contributed by atoms with Crippen molar-refractivity contribution in [1.29, 1.82) is 0 Å². The molecule has 1 N–H and O–H groups in total. The van der Waals surface area contributed by atoms with Crippen molar-refractivity contribution >= 4 is 34.0 Å². The van der Waals surface area contributed by atoms with Gasteiger partial charge < -0.3 is 0 Å². The molecule has 0 aliphatic rings. The Kier molecular flexibility index (Phi) is 4.81. The van der Waals surface area contributed by atoms with Crippen LogP contribution in [-0.4, -0.2) is 22.0 Å². The van der Waals surface area contributed by atoms with E-state index in [2.05, 4.69) is 15.5 Å². The van der Waals surface area contributed by atoms with E-state index < -0.39 is 11.7 Å². The van der Waals surface area contributed by atoms with Crippen LogP contribution in [0.4, 0.5) is 9.52 Å². The Morgan fingerprint density at radius 1 is 1.37 bits per heavy atom. The molecule has 4 nitrogen and oxygen atoms in total. The first-order valence-electron chi connectivity index (χ1n) is 5.65. The van der Waals surface area contributed by atoms with Crippen LogP contribution in [0.2, 0.25) is 0 Å².